The summed E-state index contributed by atoms with van der Waals surface area (Å²) in [5, 5.41) is 2.84. The van der Waals surface area contributed by atoms with Crippen LogP contribution in [0.1, 0.15) is 56.1 Å². The molecule has 3 N–H and O–H groups in total. The van der Waals surface area contributed by atoms with Crippen LogP contribution in [0.4, 0.5) is 20.2 Å². The monoisotopic (exact) mass is 531 g/mol. The summed E-state index contributed by atoms with van der Waals surface area (Å²) in [5.41, 5.74) is 9.54. The molecule has 5 rings (SSSR count). The number of rotatable bonds is 5. The number of hydrogen-bond acceptors (Lipinski definition) is 4. The van der Waals surface area contributed by atoms with E-state index < -0.39 is 41.3 Å². The van der Waals surface area contributed by atoms with Crippen molar-refractivity contribution in [1.82, 2.24) is 5.32 Å². The minimum Gasteiger partial charge on any atom is -0.398 e. The van der Waals surface area contributed by atoms with Crippen LogP contribution in [0.15, 0.2) is 60.7 Å². The van der Waals surface area contributed by atoms with E-state index in [0.29, 0.717) is 29.8 Å². The molecule has 202 valence electrons. The summed E-state index contributed by atoms with van der Waals surface area (Å²) in [6, 6.07) is 14.5. The van der Waals surface area contributed by atoms with E-state index in [1.54, 1.807) is 25.1 Å². The Morgan fingerprint density at radius 3 is 2.41 bits per heavy atom. The summed E-state index contributed by atoms with van der Waals surface area (Å²) in [6.45, 7) is 1.76. The molecule has 0 aromatic heterocycles. The van der Waals surface area contributed by atoms with Gasteiger partial charge in [-0.2, -0.15) is 0 Å². The molecule has 1 aliphatic heterocycles. The largest absolute Gasteiger partial charge is 0.398 e. The first-order chi connectivity index (χ1) is 18.7. The highest BCUT2D eigenvalue weighted by Gasteiger charge is 2.41. The number of carbonyl (C=O) groups excluding carboxylic acids is 3. The Hall–Kier alpha value is -4.07. The van der Waals surface area contributed by atoms with Crippen LogP contribution in [-0.4, -0.2) is 23.8 Å². The molecule has 3 amide bonds. The van der Waals surface area contributed by atoms with Gasteiger partial charge < -0.3 is 11.1 Å². The molecule has 8 heteroatoms. The molecule has 3 aromatic carbocycles. The van der Waals surface area contributed by atoms with Crippen LogP contribution < -0.4 is 16.0 Å². The van der Waals surface area contributed by atoms with Crippen LogP contribution in [0.3, 0.4) is 0 Å². The van der Waals surface area contributed by atoms with E-state index >= 15 is 0 Å². The van der Waals surface area contributed by atoms with Crippen molar-refractivity contribution in [1.29, 1.82) is 0 Å². The van der Waals surface area contributed by atoms with Crippen molar-refractivity contribution in [3.8, 4) is 11.1 Å². The number of anilines is 2. The van der Waals surface area contributed by atoms with Crippen LogP contribution in [0, 0.1) is 17.6 Å². The minimum atomic E-state index is -0.983. The van der Waals surface area contributed by atoms with E-state index in [1.165, 1.54) is 4.90 Å². The Bertz CT molecular complexity index is 1410. The highest BCUT2D eigenvalue weighted by Crippen LogP contribution is 2.44. The van der Waals surface area contributed by atoms with Gasteiger partial charge in [0.2, 0.25) is 11.8 Å². The van der Waals surface area contributed by atoms with Gasteiger partial charge >= 0.3 is 0 Å². The number of nitrogens with zero attached hydrogens (tertiary/aromatic N) is 1. The number of halogens is 2. The van der Waals surface area contributed by atoms with Gasteiger partial charge in [0.15, 0.2) is 0 Å². The number of nitrogens with one attached hydrogen (secondary N) is 1. The number of nitrogens with two attached hydrogens (primary N) is 1. The lowest BCUT2D eigenvalue weighted by atomic mass is 9.83. The molecule has 1 unspecified atom stereocenters. The number of hydrogen-bond donors (Lipinski definition) is 2. The predicted octanol–water partition coefficient (Wildman–Crippen LogP) is 5.50. The Balaban J connectivity index is 1.53. The Kier molecular flexibility index (Phi) is 7.46. The fourth-order valence-corrected chi connectivity index (χ4v) is 5.92. The van der Waals surface area contributed by atoms with Crippen LogP contribution in [0.2, 0.25) is 0 Å². The zero-order valence-corrected chi connectivity index (χ0v) is 21.8. The lowest BCUT2D eigenvalue weighted by molar-refractivity contribution is -0.132. The molecule has 1 fully saturated rings. The van der Waals surface area contributed by atoms with Crippen molar-refractivity contribution in [3.63, 3.8) is 0 Å². The molecule has 0 saturated heterocycles. The first kappa shape index (κ1) is 26.5. The topological polar surface area (TPSA) is 92.5 Å². The predicted molar refractivity (Wildman–Crippen MR) is 146 cm³/mol. The number of carbonyl (C=O) groups is 3. The van der Waals surface area contributed by atoms with Crippen LogP contribution in [0.25, 0.3) is 11.1 Å². The van der Waals surface area contributed by atoms with E-state index in [2.05, 4.69) is 5.32 Å². The zero-order valence-electron chi connectivity index (χ0n) is 21.8. The third kappa shape index (κ3) is 5.28. The average Bonchev–Trinajstić information content (AvgIpc) is 3.00. The second-order valence-electron chi connectivity index (χ2n) is 10.5. The maximum Gasteiger partial charge on any atom is 0.256 e. The van der Waals surface area contributed by atoms with Crippen molar-refractivity contribution in [2.24, 2.45) is 5.92 Å². The summed E-state index contributed by atoms with van der Waals surface area (Å²) in [7, 11) is 0. The highest BCUT2D eigenvalue weighted by molar-refractivity contribution is 6.22. The van der Waals surface area contributed by atoms with Gasteiger partial charge in [-0.25, -0.2) is 13.7 Å². The van der Waals surface area contributed by atoms with E-state index in [0.717, 1.165) is 48.6 Å². The van der Waals surface area contributed by atoms with Crippen molar-refractivity contribution in [3.05, 3.63) is 83.4 Å². The van der Waals surface area contributed by atoms with Crippen molar-refractivity contribution in [2.75, 3.05) is 10.6 Å². The second-order valence-corrected chi connectivity index (χ2v) is 10.5. The fraction of sp³-hybridized carbons (Fsp3) is 0.323. The van der Waals surface area contributed by atoms with Gasteiger partial charge in [0.1, 0.15) is 17.7 Å². The maximum absolute atomic E-state index is 14.4. The first-order valence-corrected chi connectivity index (χ1v) is 13.3. The van der Waals surface area contributed by atoms with Gasteiger partial charge in [0.25, 0.3) is 5.91 Å². The molecule has 0 radical (unpaired) electrons. The van der Waals surface area contributed by atoms with E-state index in [-0.39, 0.29) is 17.9 Å². The molecular weight excluding hydrogens is 500 g/mol. The van der Waals surface area contributed by atoms with E-state index in [9.17, 15) is 23.2 Å². The summed E-state index contributed by atoms with van der Waals surface area (Å²) >= 11 is 0. The highest BCUT2D eigenvalue weighted by atomic mass is 19.1. The number of amides is 3. The molecule has 3 aromatic rings. The van der Waals surface area contributed by atoms with E-state index in [4.69, 9.17) is 5.73 Å². The molecule has 1 heterocycles. The fourth-order valence-electron chi connectivity index (χ4n) is 5.92. The molecule has 0 bridgehead atoms. The smallest absolute Gasteiger partial charge is 0.256 e. The summed E-state index contributed by atoms with van der Waals surface area (Å²) in [5.74, 6) is -3.86. The van der Waals surface area contributed by atoms with E-state index in [1.807, 2.05) is 24.3 Å². The lowest BCUT2D eigenvalue weighted by Gasteiger charge is -2.34. The van der Waals surface area contributed by atoms with Crippen LogP contribution in [-0.2, 0) is 20.8 Å². The number of fused-ring (bicyclic) bond motifs is 3. The normalized spacial score (nSPS) is 18.1. The number of imide groups is 1. The first-order valence-electron chi connectivity index (χ1n) is 13.3. The molecule has 6 nitrogen and oxygen atoms in total. The van der Waals surface area contributed by atoms with Gasteiger partial charge in [0, 0.05) is 17.3 Å². The number of benzene rings is 3. The zero-order chi connectivity index (χ0) is 27.7. The second kappa shape index (κ2) is 11.0. The summed E-state index contributed by atoms with van der Waals surface area (Å²) < 4.78 is 27.5. The molecule has 1 saturated carbocycles. The SMILES string of the molecule is CC1C(=O)N(C(=O)[C@@H](NC(=O)Cc2cc(F)cc(F)c2)C2CCCCC2)c2cccc(N)c2-c2ccccc21. The standard InChI is InChI=1S/C31H31F2N3O3/c1-18-23-10-5-6-11-24(23)28-25(34)12-7-13-26(28)36(30(18)38)31(39)29(20-8-3-2-4-9-20)35-27(37)16-19-14-21(32)17-22(33)15-19/h5-7,10-15,17-18,20,29H,2-4,8-9,16,34H2,1H3,(H,35,37)/t18?,29-/m0/s1. The third-order valence-corrected chi connectivity index (χ3v) is 7.81. The molecule has 1 aliphatic carbocycles. The van der Waals surface area contributed by atoms with Crippen LogP contribution >= 0.6 is 0 Å². The molecular formula is C31H31F2N3O3. The summed E-state index contributed by atoms with van der Waals surface area (Å²) in [6.07, 6.45) is 3.96. The summed E-state index contributed by atoms with van der Waals surface area (Å²) in [4.78, 5) is 42.6. The Morgan fingerprint density at radius 1 is 1.00 bits per heavy atom. The molecule has 0 spiro atoms. The molecule has 2 atom stereocenters. The lowest BCUT2D eigenvalue weighted by Crippen LogP contribution is -2.55. The van der Waals surface area contributed by atoms with Gasteiger partial charge in [0.05, 0.1) is 18.0 Å². The quantitative estimate of drug-likeness (QED) is 0.426. The maximum atomic E-state index is 14.4. The van der Waals surface area contributed by atoms with Gasteiger partial charge in [-0.3, -0.25) is 14.4 Å². The van der Waals surface area contributed by atoms with Gasteiger partial charge in [-0.05, 0) is 66.6 Å². The van der Waals surface area contributed by atoms with Crippen molar-refractivity contribution < 1.29 is 23.2 Å². The van der Waals surface area contributed by atoms with Gasteiger partial charge in [-0.1, -0.05) is 49.6 Å². The van der Waals surface area contributed by atoms with Crippen molar-refractivity contribution in [2.45, 2.75) is 57.4 Å². The number of nitrogen functional groups attached to an aromatic ring is 1. The van der Waals surface area contributed by atoms with Crippen LogP contribution in [0.5, 0.6) is 0 Å². The van der Waals surface area contributed by atoms with Crippen molar-refractivity contribution >= 4 is 29.1 Å². The minimum absolute atomic E-state index is 0.160. The average molecular weight is 532 g/mol. The van der Waals surface area contributed by atoms with Gasteiger partial charge in [-0.15, -0.1) is 0 Å². The third-order valence-electron chi connectivity index (χ3n) is 7.81. The molecule has 2 aliphatic rings. The molecule has 39 heavy (non-hydrogen) atoms. The Morgan fingerprint density at radius 2 is 1.69 bits per heavy atom. The Labute approximate surface area is 226 Å².